The Hall–Kier alpha value is -2.93. The van der Waals surface area contributed by atoms with Gasteiger partial charge in [0.05, 0.1) is 14.2 Å². The normalized spacial score (nSPS) is 14.4. The zero-order valence-electron chi connectivity index (χ0n) is 19.3. The van der Waals surface area contributed by atoms with Crippen LogP contribution in [0, 0.1) is 0 Å². The molecule has 0 spiro atoms. The minimum atomic E-state index is -0.666. The number of carbonyl (C=O) groups excluding carboxylic acids is 2. The number of hydrogen-bond donors (Lipinski definition) is 1. The first-order chi connectivity index (χ1) is 15.9. The highest BCUT2D eigenvalue weighted by Gasteiger charge is 2.28. The van der Waals surface area contributed by atoms with Gasteiger partial charge < -0.3 is 24.4 Å². The molecule has 0 unspecified atom stereocenters. The van der Waals surface area contributed by atoms with Crippen molar-refractivity contribution in [3.63, 3.8) is 0 Å². The second kappa shape index (κ2) is 11.8. The van der Waals surface area contributed by atoms with Crippen LogP contribution in [0.15, 0.2) is 42.5 Å². The molecule has 1 N–H and O–H groups in total. The summed E-state index contributed by atoms with van der Waals surface area (Å²) in [6, 6.07) is 11.8. The first-order valence-corrected chi connectivity index (χ1v) is 11.5. The van der Waals surface area contributed by atoms with Gasteiger partial charge in [-0.15, -0.1) is 0 Å². The molecule has 2 amide bonds. The van der Waals surface area contributed by atoms with E-state index in [-0.39, 0.29) is 31.0 Å². The number of nitrogens with zero attached hydrogens (tertiary/aromatic N) is 1. The molecule has 7 nitrogen and oxygen atoms in total. The molecule has 0 aromatic heterocycles. The standard InChI is InChI=1S/C25H31ClN2O5/c1-17(25(30)27-20-9-4-5-10-20)28(15-18-7-6-8-19(26)11-18)24(29)16-33-23-13-21(31-2)12-22(14-23)32-3/h6-8,11-14,17,20H,4-5,9-10,15-16H2,1-3H3,(H,27,30)/t17-/m0/s1. The van der Waals surface area contributed by atoms with E-state index in [2.05, 4.69) is 5.32 Å². The minimum absolute atomic E-state index is 0.166. The number of hydrogen-bond acceptors (Lipinski definition) is 5. The summed E-state index contributed by atoms with van der Waals surface area (Å²) in [5.41, 5.74) is 0.833. The maximum absolute atomic E-state index is 13.2. The molecule has 1 atom stereocenters. The fraction of sp³-hybridized carbons (Fsp3) is 0.440. The Kier molecular flexibility index (Phi) is 8.83. The molecular weight excluding hydrogens is 444 g/mol. The van der Waals surface area contributed by atoms with Crippen molar-refractivity contribution in [2.24, 2.45) is 0 Å². The van der Waals surface area contributed by atoms with Gasteiger partial charge in [-0.2, -0.15) is 0 Å². The fourth-order valence-electron chi connectivity index (χ4n) is 3.90. The van der Waals surface area contributed by atoms with Gasteiger partial charge in [0.25, 0.3) is 5.91 Å². The lowest BCUT2D eigenvalue weighted by atomic mass is 10.1. The quantitative estimate of drug-likeness (QED) is 0.558. The summed E-state index contributed by atoms with van der Waals surface area (Å²) < 4.78 is 16.3. The number of methoxy groups -OCH3 is 2. The van der Waals surface area contributed by atoms with Crippen LogP contribution in [0.4, 0.5) is 0 Å². The third-order valence-corrected chi connectivity index (χ3v) is 6.03. The van der Waals surface area contributed by atoms with Crippen LogP contribution < -0.4 is 19.5 Å². The van der Waals surface area contributed by atoms with E-state index in [1.165, 1.54) is 4.90 Å². The molecule has 33 heavy (non-hydrogen) atoms. The molecule has 0 radical (unpaired) electrons. The largest absolute Gasteiger partial charge is 0.496 e. The number of halogens is 1. The highest BCUT2D eigenvalue weighted by atomic mass is 35.5. The zero-order valence-corrected chi connectivity index (χ0v) is 20.1. The first-order valence-electron chi connectivity index (χ1n) is 11.1. The molecule has 3 rings (SSSR count). The van der Waals surface area contributed by atoms with Gasteiger partial charge in [-0.3, -0.25) is 9.59 Å². The number of benzene rings is 2. The van der Waals surface area contributed by atoms with Gasteiger partial charge in [0.2, 0.25) is 5.91 Å². The molecule has 0 heterocycles. The van der Waals surface area contributed by atoms with Crippen LogP contribution in [0.3, 0.4) is 0 Å². The second-order valence-corrected chi connectivity index (χ2v) is 8.59. The topological polar surface area (TPSA) is 77.1 Å². The molecule has 1 saturated carbocycles. The van der Waals surface area contributed by atoms with Crippen molar-refractivity contribution in [2.45, 2.75) is 51.2 Å². The summed E-state index contributed by atoms with van der Waals surface area (Å²) in [5.74, 6) is 1.06. The van der Waals surface area contributed by atoms with Crippen LogP contribution in [0.5, 0.6) is 17.2 Å². The fourth-order valence-corrected chi connectivity index (χ4v) is 4.11. The summed E-state index contributed by atoms with van der Waals surface area (Å²) in [5, 5.41) is 3.65. The molecule has 2 aromatic carbocycles. The van der Waals surface area contributed by atoms with Crippen molar-refractivity contribution in [1.29, 1.82) is 0 Å². The molecule has 1 fully saturated rings. The second-order valence-electron chi connectivity index (χ2n) is 8.15. The Morgan fingerprint density at radius 2 is 1.70 bits per heavy atom. The summed E-state index contributed by atoms with van der Waals surface area (Å²) in [6.45, 7) is 1.74. The monoisotopic (exact) mass is 474 g/mol. The van der Waals surface area contributed by atoms with E-state index in [0.717, 1.165) is 31.2 Å². The van der Waals surface area contributed by atoms with Crippen molar-refractivity contribution < 1.29 is 23.8 Å². The maximum atomic E-state index is 13.2. The molecule has 1 aliphatic rings. The van der Waals surface area contributed by atoms with Gasteiger partial charge in [0.1, 0.15) is 23.3 Å². The van der Waals surface area contributed by atoms with Gasteiger partial charge in [-0.25, -0.2) is 0 Å². The van der Waals surface area contributed by atoms with E-state index in [1.807, 2.05) is 12.1 Å². The van der Waals surface area contributed by atoms with E-state index < -0.39 is 6.04 Å². The SMILES string of the molecule is COc1cc(OC)cc(OCC(=O)N(Cc2cccc(Cl)c2)[C@@H](C)C(=O)NC2CCCC2)c1. The molecule has 0 saturated heterocycles. The summed E-state index contributed by atoms with van der Waals surface area (Å²) >= 11 is 6.13. The lowest BCUT2D eigenvalue weighted by Gasteiger charge is -2.29. The van der Waals surface area contributed by atoms with Gasteiger partial charge in [-0.05, 0) is 37.5 Å². The number of carbonyl (C=O) groups is 2. The lowest BCUT2D eigenvalue weighted by molar-refractivity contribution is -0.142. The van der Waals surface area contributed by atoms with Crippen LogP contribution >= 0.6 is 11.6 Å². The third kappa shape index (κ3) is 7.02. The highest BCUT2D eigenvalue weighted by Crippen LogP contribution is 2.27. The van der Waals surface area contributed by atoms with Crippen molar-refractivity contribution in [1.82, 2.24) is 10.2 Å². The summed E-state index contributed by atoms with van der Waals surface area (Å²) in [4.78, 5) is 27.7. The van der Waals surface area contributed by atoms with Crippen LogP contribution in [0.2, 0.25) is 5.02 Å². The Balaban J connectivity index is 1.74. The Morgan fingerprint density at radius 1 is 1.06 bits per heavy atom. The average molecular weight is 475 g/mol. The summed E-state index contributed by atoms with van der Waals surface area (Å²) in [7, 11) is 3.09. The van der Waals surface area contributed by atoms with Crippen molar-refractivity contribution in [3.05, 3.63) is 53.1 Å². The smallest absolute Gasteiger partial charge is 0.261 e. The molecule has 1 aliphatic carbocycles. The van der Waals surface area contributed by atoms with Gasteiger partial charge in [-0.1, -0.05) is 36.6 Å². The third-order valence-electron chi connectivity index (χ3n) is 5.80. The molecule has 8 heteroatoms. The number of nitrogens with one attached hydrogen (secondary N) is 1. The minimum Gasteiger partial charge on any atom is -0.496 e. The number of ether oxygens (including phenoxy) is 3. The number of rotatable bonds is 10. The van der Waals surface area contributed by atoms with Crippen molar-refractivity contribution in [2.75, 3.05) is 20.8 Å². The Labute approximate surface area is 200 Å². The molecule has 0 bridgehead atoms. The lowest BCUT2D eigenvalue weighted by Crippen LogP contribution is -2.50. The van der Waals surface area contributed by atoms with Gasteiger partial charge in [0.15, 0.2) is 6.61 Å². The van der Waals surface area contributed by atoms with Crippen molar-refractivity contribution >= 4 is 23.4 Å². The predicted molar refractivity (Wildman–Crippen MR) is 127 cm³/mol. The van der Waals surface area contributed by atoms with Gasteiger partial charge >= 0.3 is 0 Å². The van der Waals surface area contributed by atoms with E-state index in [9.17, 15) is 9.59 Å². The van der Waals surface area contributed by atoms with Crippen LogP contribution in [0.1, 0.15) is 38.2 Å². The predicted octanol–water partition coefficient (Wildman–Crippen LogP) is 4.21. The first kappa shape index (κ1) is 24.7. The molecule has 2 aromatic rings. The Bertz CT molecular complexity index is 939. The van der Waals surface area contributed by atoms with Gasteiger partial charge in [0, 0.05) is 35.8 Å². The molecular formula is C25H31ClN2O5. The zero-order chi connectivity index (χ0) is 23.8. The van der Waals surface area contributed by atoms with E-state index in [1.54, 1.807) is 51.5 Å². The summed E-state index contributed by atoms with van der Waals surface area (Å²) in [6.07, 6.45) is 4.17. The molecule has 0 aliphatic heterocycles. The Morgan fingerprint density at radius 3 is 2.30 bits per heavy atom. The molecule has 178 valence electrons. The van der Waals surface area contributed by atoms with Crippen LogP contribution in [0.25, 0.3) is 0 Å². The maximum Gasteiger partial charge on any atom is 0.261 e. The van der Waals surface area contributed by atoms with Crippen molar-refractivity contribution in [3.8, 4) is 17.2 Å². The van der Waals surface area contributed by atoms with Crippen LogP contribution in [-0.4, -0.2) is 49.6 Å². The van der Waals surface area contributed by atoms with E-state index in [4.69, 9.17) is 25.8 Å². The van der Waals surface area contributed by atoms with Crippen LogP contribution in [-0.2, 0) is 16.1 Å². The number of amides is 2. The average Bonchev–Trinajstić information content (AvgIpc) is 3.33. The highest BCUT2D eigenvalue weighted by molar-refractivity contribution is 6.30. The van der Waals surface area contributed by atoms with E-state index >= 15 is 0 Å². The van der Waals surface area contributed by atoms with E-state index in [0.29, 0.717) is 22.3 Å².